The zero-order chi connectivity index (χ0) is 18.8. The largest absolute Gasteiger partial charge is 0.348 e. The number of carbonyl (C=O) groups is 1. The van der Waals surface area contributed by atoms with Gasteiger partial charge in [0.2, 0.25) is 5.91 Å². The molecule has 2 aromatic carbocycles. The van der Waals surface area contributed by atoms with Gasteiger partial charge in [-0.15, -0.1) is 0 Å². The maximum atomic E-state index is 12.0. The van der Waals surface area contributed by atoms with E-state index in [1.807, 2.05) is 24.3 Å². The van der Waals surface area contributed by atoms with Crippen LogP contribution < -0.4 is 0 Å². The van der Waals surface area contributed by atoms with Crippen LogP contribution in [0.3, 0.4) is 0 Å². The minimum Gasteiger partial charge on any atom is -0.348 e. The Kier molecular flexibility index (Phi) is 5.58. The van der Waals surface area contributed by atoms with Crippen LogP contribution in [0.15, 0.2) is 41.6 Å². The molecule has 1 heterocycles. The van der Waals surface area contributed by atoms with Gasteiger partial charge in [0.05, 0.1) is 23.3 Å². The van der Waals surface area contributed by atoms with Crippen molar-refractivity contribution in [1.29, 1.82) is 0 Å². The molecule has 3 aromatic rings. The number of aromatic nitrogens is 2. The van der Waals surface area contributed by atoms with Gasteiger partial charge in [-0.1, -0.05) is 41.6 Å². The summed E-state index contributed by atoms with van der Waals surface area (Å²) in [6, 6.07) is 12.1. The standard InChI is InChI=1S/C20H22ClN3OS/c1-13-9-17-18(10-14(13)2)24(11-15-7-5-6-8-16(15)21)20(22-17)26-12-19(25)23(3)4/h5-10H,11-12H2,1-4H3. The van der Waals surface area contributed by atoms with Gasteiger partial charge in [0, 0.05) is 19.1 Å². The number of aryl methyl sites for hydroxylation is 2. The van der Waals surface area contributed by atoms with Crippen LogP contribution in [0.1, 0.15) is 16.7 Å². The molecule has 0 aliphatic heterocycles. The molecule has 0 N–H and O–H groups in total. The van der Waals surface area contributed by atoms with Crippen molar-refractivity contribution in [2.24, 2.45) is 0 Å². The summed E-state index contributed by atoms with van der Waals surface area (Å²) in [7, 11) is 3.53. The van der Waals surface area contributed by atoms with Crippen molar-refractivity contribution >= 4 is 40.3 Å². The molecule has 136 valence electrons. The second-order valence-electron chi connectivity index (χ2n) is 6.57. The average Bonchev–Trinajstić information content (AvgIpc) is 2.92. The zero-order valence-corrected chi connectivity index (χ0v) is 17.0. The number of rotatable bonds is 5. The first-order valence-electron chi connectivity index (χ1n) is 8.40. The summed E-state index contributed by atoms with van der Waals surface area (Å²) in [6.45, 7) is 4.81. The lowest BCUT2D eigenvalue weighted by molar-refractivity contribution is -0.125. The van der Waals surface area contributed by atoms with Crippen LogP contribution in [0.4, 0.5) is 0 Å². The third kappa shape index (κ3) is 3.89. The molecule has 0 aliphatic carbocycles. The van der Waals surface area contributed by atoms with Crippen LogP contribution >= 0.6 is 23.4 Å². The van der Waals surface area contributed by atoms with Gasteiger partial charge in [0.25, 0.3) is 0 Å². The molecule has 26 heavy (non-hydrogen) atoms. The topological polar surface area (TPSA) is 38.1 Å². The van der Waals surface area contributed by atoms with Crippen molar-refractivity contribution in [2.45, 2.75) is 25.5 Å². The maximum Gasteiger partial charge on any atom is 0.232 e. The van der Waals surface area contributed by atoms with E-state index in [0.717, 1.165) is 26.8 Å². The van der Waals surface area contributed by atoms with E-state index in [2.05, 4.69) is 30.5 Å². The molecule has 0 saturated carbocycles. The van der Waals surface area contributed by atoms with E-state index in [1.165, 1.54) is 22.9 Å². The van der Waals surface area contributed by atoms with Gasteiger partial charge in [0.15, 0.2) is 5.16 Å². The Morgan fingerprint density at radius 3 is 2.58 bits per heavy atom. The Morgan fingerprint density at radius 1 is 1.19 bits per heavy atom. The number of fused-ring (bicyclic) bond motifs is 1. The van der Waals surface area contributed by atoms with Gasteiger partial charge in [-0.25, -0.2) is 4.98 Å². The highest BCUT2D eigenvalue weighted by Gasteiger charge is 2.16. The monoisotopic (exact) mass is 387 g/mol. The van der Waals surface area contributed by atoms with Gasteiger partial charge in [0.1, 0.15) is 0 Å². The fourth-order valence-corrected chi connectivity index (χ4v) is 3.86. The molecule has 0 bridgehead atoms. The van der Waals surface area contributed by atoms with Crippen molar-refractivity contribution in [1.82, 2.24) is 14.5 Å². The number of imidazole rings is 1. The second-order valence-corrected chi connectivity index (χ2v) is 7.92. The molecule has 4 nitrogen and oxygen atoms in total. The Morgan fingerprint density at radius 2 is 1.88 bits per heavy atom. The number of carbonyl (C=O) groups excluding carboxylic acids is 1. The highest BCUT2D eigenvalue weighted by atomic mass is 35.5. The highest BCUT2D eigenvalue weighted by molar-refractivity contribution is 7.99. The molecule has 6 heteroatoms. The lowest BCUT2D eigenvalue weighted by Gasteiger charge is -2.12. The van der Waals surface area contributed by atoms with E-state index in [4.69, 9.17) is 16.6 Å². The van der Waals surface area contributed by atoms with E-state index >= 15 is 0 Å². The molecule has 0 spiro atoms. The molecule has 0 aliphatic rings. The fraction of sp³-hybridized carbons (Fsp3) is 0.300. The minimum atomic E-state index is 0.0683. The van der Waals surface area contributed by atoms with Crippen molar-refractivity contribution in [2.75, 3.05) is 19.8 Å². The number of hydrogen-bond acceptors (Lipinski definition) is 3. The Labute approximate surface area is 163 Å². The molecule has 0 radical (unpaired) electrons. The van der Waals surface area contributed by atoms with Crippen LogP contribution in [0.2, 0.25) is 5.02 Å². The van der Waals surface area contributed by atoms with Crippen molar-refractivity contribution in [3.63, 3.8) is 0 Å². The van der Waals surface area contributed by atoms with E-state index in [1.54, 1.807) is 19.0 Å². The van der Waals surface area contributed by atoms with Gasteiger partial charge in [-0.3, -0.25) is 4.79 Å². The van der Waals surface area contributed by atoms with Crippen LogP contribution in [0, 0.1) is 13.8 Å². The molecule has 0 unspecified atom stereocenters. The summed E-state index contributed by atoms with van der Waals surface area (Å²) in [5.74, 6) is 0.426. The quantitative estimate of drug-likeness (QED) is 0.603. The van der Waals surface area contributed by atoms with Gasteiger partial charge in [-0.05, 0) is 48.7 Å². The molecule has 3 rings (SSSR count). The van der Waals surface area contributed by atoms with Crippen LogP contribution in [0.5, 0.6) is 0 Å². The first kappa shape index (κ1) is 18.8. The Bertz CT molecular complexity index is 965. The van der Waals surface area contributed by atoms with Crippen LogP contribution in [-0.2, 0) is 11.3 Å². The minimum absolute atomic E-state index is 0.0683. The molecule has 0 fully saturated rings. The van der Waals surface area contributed by atoms with Gasteiger partial charge < -0.3 is 9.47 Å². The van der Waals surface area contributed by atoms with Gasteiger partial charge >= 0.3 is 0 Å². The summed E-state index contributed by atoms with van der Waals surface area (Å²) in [5.41, 5.74) is 5.47. The Balaban J connectivity index is 2.04. The predicted octanol–water partition coefficient (Wildman–Crippen LogP) is 4.54. The van der Waals surface area contributed by atoms with Crippen LogP contribution in [0.25, 0.3) is 11.0 Å². The number of thioether (sulfide) groups is 1. The third-order valence-corrected chi connectivity index (χ3v) is 5.77. The van der Waals surface area contributed by atoms with E-state index < -0.39 is 0 Å². The number of benzene rings is 2. The summed E-state index contributed by atoms with van der Waals surface area (Å²) in [6.07, 6.45) is 0. The molecule has 1 amide bonds. The van der Waals surface area contributed by atoms with Crippen molar-refractivity contribution in [3.05, 3.63) is 58.1 Å². The molecule has 1 aromatic heterocycles. The number of nitrogens with zero attached hydrogens (tertiary/aromatic N) is 3. The summed E-state index contributed by atoms with van der Waals surface area (Å²) < 4.78 is 2.15. The first-order chi connectivity index (χ1) is 12.4. The first-order valence-corrected chi connectivity index (χ1v) is 9.77. The second kappa shape index (κ2) is 7.72. The average molecular weight is 388 g/mol. The fourth-order valence-electron chi connectivity index (χ4n) is 2.67. The number of halogens is 1. The molecule has 0 atom stereocenters. The summed E-state index contributed by atoms with van der Waals surface area (Å²) in [5, 5.41) is 1.57. The van der Waals surface area contributed by atoms with Crippen molar-refractivity contribution in [3.8, 4) is 0 Å². The normalized spacial score (nSPS) is 11.1. The molecular formula is C20H22ClN3OS. The number of amides is 1. The maximum absolute atomic E-state index is 12.0. The lowest BCUT2D eigenvalue weighted by Crippen LogP contribution is -2.23. The Hall–Kier alpha value is -1.98. The summed E-state index contributed by atoms with van der Waals surface area (Å²) in [4.78, 5) is 18.4. The molecular weight excluding hydrogens is 366 g/mol. The van der Waals surface area contributed by atoms with E-state index in [-0.39, 0.29) is 5.91 Å². The smallest absolute Gasteiger partial charge is 0.232 e. The van der Waals surface area contributed by atoms with Crippen LogP contribution in [-0.4, -0.2) is 40.2 Å². The predicted molar refractivity (Wildman–Crippen MR) is 109 cm³/mol. The zero-order valence-electron chi connectivity index (χ0n) is 15.4. The SMILES string of the molecule is Cc1cc2nc(SCC(=O)N(C)C)n(Cc3ccccc3Cl)c2cc1C. The van der Waals surface area contributed by atoms with E-state index in [9.17, 15) is 4.79 Å². The lowest BCUT2D eigenvalue weighted by atomic mass is 10.1. The van der Waals surface area contributed by atoms with Gasteiger partial charge in [-0.2, -0.15) is 0 Å². The van der Waals surface area contributed by atoms with Crippen molar-refractivity contribution < 1.29 is 4.79 Å². The summed E-state index contributed by atoms with van der Waals surface area (Å²) >= 11 is 7.83. The highest BCUT2D eigenvalue weighted by Crippen LogP contribution is 2.29. The molecule has 0 saturated heterocycles. The third-order valence-electron chi connectivity index (χ3n) is 4.44. The number of hydrogen-bond donors (Lipinski definition) is 0. The van der Waals surface area contributed by atoms with E-state index in [0.29, 0.717) is 12.3 Å².